The van der Waals surface area contributed by atoms with Crippen LogP contribution in [0.25, 0.3) is 0 Å². The maximum absolute atomic E-state index is 12.2. The van der Waals surface area contributed by atoms with Crippen LogP contribution in [0.3, 0.4) is 0 Å². The minimum absolute atomic E-state index is 0.0500. The molecule has 1 unspecified atom stereocenters. The van der Waals surface area contributed by atoms with Gasteiger partial charge in [0, 0.05) is 24.2 Å². The predicted molar refractivity (Wildman–Crippen MR) is 74.7 cm³/mol. The van der Waals surface area contributed by atoms with Crippen LogP contribution in [-0.4, -0.2) is 31.4 Å². The van der Waals surface area contributed by atoms with Gasteiger partial charge in [-0.1, -0.05) is 32.0 Å². The van der Waals surface area contributed by atoms with Crippen LogP contribution in [-0.2, 0) is 4.79 Å². The molecule has 1 aliphatic heterocycles. The van der Waals surface area contributed by atoms with E-state index in [0.717, 1.165) is 18.7 Å². The molecule has 0 aliphatic carbocycles. The first-order chi connectivity index (χ1) is 8.52. The lowest BCUT2D eigenvalue weighted by Gasteiger charge is -2.37. The topological polar surface area (TPSA) is 23.6 Å². The van der Waals surface area contributed by atoms with Crippen molar-refractivity contribution in [2.75, 3.05) is 25.5 Å². The SMILES string of the molecule is CC(C)C(=O)N1CCC(N(C)C)c2ccccc21. The van der Waals surface area contributed by atoms with E-state index >= 15 is 0 Å². The number of hydrogen-bond acceptors (Lipinski definition) is 2. The Morgan fingerprint density at radius 2 is 2.00 bits per heavy atom. The van der Waals surface area contributed by atoms with Crippen molar-refractivity contribution in [1.82, 2.24) is 4.90 Å². The molecule has 0 bridgehead atoms. The first-order valence-electron chi connectivity index (χ1n) is 6.59. The Balaban J connectivity index is 2.39. The number of carbonyl (C=O) groups is 1. The predicted octanol–water partition coefficient (Wildman–Crippen LogP) is 2.68. The molecule has 0 spiro atoms. The molecular formula is C15H22N2O. The first-order valence-corrected chi connectivity index (χ1v) is 6.59. The second-order valence-electron chi connectivity index (χ2n) is 5.47. The van der Waals surface area contributed by atoms with Crippen molar-refractivity contribution >= 4 is 11.6 Å². The molecule has 1 aromatic rings. The summed E-state index contributed by atoms with van der Waals surface area (Å²) in [6, 6.07) is 8.68. The maximum Gasteiger partial charge on any atom is 0.229 e. The average molecular weight is 246 g/mol. The number of hydrogen-bond donors (Lipinski definition) is 0. The molecule has 2 rings (SSSR count). The average Bonchev–Trinajstić information content (AvgIpc) is 2.36. The van der Waals surface area contributed by atoms with E-state index in [2.05, 4.69) is 37.2 Å². The van der Waals surface area contributed by atoms with Gasteiger partial charge in [0.05, 0.1) is 0 Å². The Kier molecular flexibility index (Phi) is 3.71. The second-order valence-corrected chi connectivity index (χ2v) is 5.47. The third kappa shape index (κ3) is 2.27. The Hall–Kier alpha value is -1.35. The van der Waals surface area contributed by atoms with Crippen LogP contribution >= 0.6 is 0 Å². The molecule has 0 saturated carbocycles. The van der Waals surface area contributed by atoms with E-state index in [1.165, 1.54) is 5.56 Å². The lowest BCUT2D eigenvalue weighted by molar-refractivity contribution is -0.121. The Morgan fingerprint density at radius 3 is 2.61 bits per heavy atom. The number of para-hydroxylation sites is 1. The molecular weight excluding hydrogens is 224 g/mol. The molecule has 98 valence electrons. The first kappa shape index (κ1) is 13.1. The summed E-state index contributed by atoms with van der Waals surface area (Å²) in [6.45, 7) is 4.74. The zero-order chi connectivity index (χ0) is 13.3. The van der Waals surface area contributed by atoms with Crippen molar-refractivity contribution in [3.63, 3.8) is 0 Å². The van der Waals surface area contributed by atoms with Gasteiger partial charge in [-0.3, -0.25) is 4.79 Å². The van der Waals surface area contributed by atoms with Crippen molar-refractivity contribution in [3.05, 3.63) is 29.8 Å². The van der Waals surface area contributed by atoms with Crippen molar-refractivity contribution in [1.29, 1.82) is 0 Å². The van der Waals surface area contributed by atoms with Gasteiger partial charge in [0.2, 0.25) is 5.91 Å². The van der Waals surface area contributed by atoms with Crippen molar-refractivity contribution in [2.24, 2.45) is 5.92 Å². The largest absolute Gasteiger partial charge is 0.312 e. The Morgan fingerprint density at radius 1 is 1.33 bits per heavy atom. The van der Waals surface area contributed by atoms with Gasteiger partial charge in [-0.25, -0.2) is 0 Å². The quantitative estimate of drug-likeness (QED) is 0.801. The highest BCUT2D eigenvalue weighted by Gasteiger charge is 2.30. The van der Waals surface area contributed by atoms with Crippen LogP contribution in [0.4, 0.5) is 5.69 Å². The van der Waals surface area contributed by atoms with Crippen LogP contribution in [0.15, 0.2) is 24.3 Å². The Labute approximate surface area is 109 Å². The summed E-state index contributed by atoms with van der Waals surface area (Å²) < 4.78 is 0. The summed E-state index contributed by atoms with van der Waals surface area (Å²) >= 11 is 0. The molecule has 1 aliphatic rings. The normalized spacial score (nSPS) is 19.2. The minimum Gasteiger partial charge on any atom is -0.312 e. The van der Waals surface area contributed by atoms with Crippen molar-refractivity contribution in [2.45, 2.75) is 26.3 Å². The van der Waals surface area contributed by atoms with Gasteiger partial charge >= 0.3 is 0 Å². The van der Waals surface area contributed by atoms with Crippen LogP contribution in [0.2, 0.25) is 0 Å². The standard InChI is InChI=1S/C15H22N2O/c1-11(2)15(18)17-10-9-13(16(3)4)12-7-5-6-8-14(12)17/h5-8,11,13H,9-10H2,1-4H3. The fraction of sp³-hybridized carbons (Fsp3) is 0.533. The van der Waals surface area contributed by atoms with Crippen LogP contribution in [0.1, 0.15) is 31.9 Å². The van der Waals surface area contributed by atoms with Crippen molar-refractivity contribution in [3.8, 4) is 0 Å². The molecule has 1 aromatic carbocycles. The fourth-order valence-electron chi connectivity index (χ4n) is 2.62. The number of benzene rings is 1. The molecule has 0 radical (unpaired) electrons. The van der Waals surface area contributed by atoms with Gasteiger partial charge < -0.3 is 9.80 Å². The van der Waals surface area contributed by atoms with Crippen molar-refractivity contribution < 1.29 is 4.79 Å². The zero-order valence-corrected chi connectivity index (χ0v) is 11.7. The molecule has 3 nitrogen and oxygen atoms in total. The molecule has 0 aromatic heterocycles. The zero-order valence-electron chi connectivity index (χ0n) is 11.7. The highest BCUT2D eigenvalue weighted by molar-refractivity contribution is 5.95. The monoisotopic (exact) mass is 246 g/mol. The lowest BCUT2D eigenvalue weighted by atomic mass is 9.94. The molecule has 0 fully saturated rings. The van der Waals surface area contributed by atoms with E-state index < -0.39 is 0 Å². The van der Waals surface area contributed by atoms with Gasteiger partial charge in [0.25, 0.3) is 0 Å². The lowest BCUT2D eigenvalue weighted by Crippen LogP contribution is -2.41. The molecule has 1 atom stereocenters. The summed E-state index contributed by atoms with van der Waals surface area (Å²) in [5, 5.41) is 0. The summed E-state index contributed by atoms with van der Waals surface area (Å²) in [6.07, 6.45) is 1.00. The van der Waals surface area contributed by atoms with Gasteiger partial charge in [0.1, 0.15) is 0 Å². The van der Waals surface area contributed by atoms with E-state index in [9.17, 15) is 4.79 Å². The third-order valence-electron chi connectivity index (χ3n) is 3.60. The van der Waals surface area contributed by atoms with Crippen LogP contribution in [0, 0.1) is 5.92 Å². The van der Waals surface area contributed by atoms with E-state index in [4.69, 9.17) is 0 Å². The molecule has 18 heavy (non-hydrogen) atoms. The highest BCUT2D eigenvalue weighted by Crippen LogP contribution is 2.36. The minimum atomic E-state index is 0.0500. The molecule has 3 heteroatoms. The number of carbonyl (C=O) groups excluding carboxylic acids is 1. The number of nitrogens with zero attached hydrogens (tertiary/aromatic N) is 2. The molecule has 1 heterocycles. The molecule has 0 saturated heterocycles. The fourth-order valence-corrected chi connectivity index (χ4v) is 2.62. The van der Waals surface area contributed by atoms with Gasteiger partial charge in [0.15, 0.2) is 0 Å². The molecule has 1 amide bonds. The second kappa shape index (κ2) is 5.11. The maximum atomic E-state index is 12.2. The number of fused-ring (bicyclic) bond motifs is 1. The summed E-state index contributed by atoms with van der Waals surface area (Å²) in [4.78, 5) is 16.4. The smallest absolute Gasteiger partial charge is 0.229 e. The summed E-state index contributed by atoms with van der Waals surface area (Å²) in [7, 11) is 4.20. The van der Waals surface area contributed by atoms with E-state index in [1.54, 1.807) is 0 Å². The number of rotatable bonds is 2. The van der Waals surface area contributed by atoms with Gasteiger partial charge in [-0.2, -0.15) is 0 Å². The Bertz CT molecular complexity index is 440. The highest BCUT2D eigenvalue weighted by atomic mass is 16.2. The van der Waals surface area contributed by atoms with E-state index in [-0.39, 0.29) is 11.8 Å². The van der Waals surface area contributed by atoms with Gasteiger partial charge in [-0.15, -0.1) is 0 Å². The molecule has 0 N–H and O–H groups in total. The third-order valence-corrected chi connectivity index (χ3v) is 3.60. The van der Waals surface area contributed by atoms with Crippen LogP contribution < -0.4 is 4.90 Å². The number of anilines is 1. The summed E-state index contributed by atoms with van der Waals surface area (Å²) in [5.41, 5.74) is 2.35. The van der Waals surface area contributed by atoms with E-state index in [0.29, 0.717) is 6.04 Å². The number of amides is 1. The van der Waals surface area contributed by atoms with E-state index in [1.807, 2.05) is 24.8 Å². The summed E-state index contributed by atoms with van der Waals surface area (Å²) in [5.74, 6) is 0.272. The van der Waals surface area contributed by atoms with Gasteiger partial charge in [-0.05, 0) is 32.1 Å². The van der Waals surface area contributed by atoms with Crippen LogP contribution in [0.5, 0.6) is 0 Å².